The molecule has 0 saturated heterocycles. The first-order valence-electron chi connectivity index (χ1n) is 9.07. The Balaban J connectivity index is 0.00000392. The van der Waals surface area contributed by atoms with E-state index in [9.17, 15) is 13.2 Å². The maximum atomic E-state index is 13.1. The van der Waals surface area contributed by atoms with E-state index in [1.807, 2.05) is 26.0 Å². The molecule has 6 nitrogen and oxygen atoms in total. The van der Waals surface area contributed by atoms with E-state index in [-0.39, 0.29) is 36.2 Å². The minimum atomic E-state index is -3.75. The summed E-state index contributed by atoms with van der Waals surface area (Å²) < 4.78 is 27.5. The molecule has 0 atom stereocenters. The molecule has 0 unspecified atom stereocenters. The average molecular weight is 426 g/mol. The second kappa shape index (κ2) is 11.7. The molecular weight excluding hydrogens is 398 g/mol. The van der Waals surface area contributed by atoms with E-state index >= 15 is 0 Å². The fourth-order valence-corrected chi connectivity index (χ4v) is 4.06. The molecule has 2 aromatic carbocycles. The summed E-state index contributed by atoms with van der Waals surface area (Å²) in [5.41, 5.74) is 1.59. The van der Waals surface area contributed by atoms with E-state index < -0.39 is 10.0 Å². The second-order valence-electron chi connectivity index (χ2n) is 6.18. The first kappa shape index (κ1) is 23.9. The van der Waals surface area contributed by atoms with Crippen LogP contribution in [0.5, 0.6) is 0 Å². The van der Waals surface area contributed by atoms with Gasteiger partial charge in [0, 0.05) is 26.1 Å². The molecular formula is C20H28ClN3O3S. The molecule has 28 heavy (non-hydrogen) atoms. The quantitative estimate of drug-likeness (QED) is 0.574. The predicted molar refractivity (Wildman–Crippen MR) is 116 cm³/mol. The zero-order valence-electron chi connectivity index (χ0n) is 16.2. The van der Waals surface area contributed by atoms with Gasteiger partial charge in [-0.1, -0.05) is 42.8 Å². The van der Waals surface area contributed by atoms with Gasteiger partial charge in [0.2, 0.25) is 5.91 Å². The number of nitrogens with one attached hydrogen (secondary N) is 2. The van der Waals surface area contributed by atoms with Crippen LogP contribution in [0, 0.1) is 6.92 Å². The highest BCUT2D eigenvalue weighted by atomic mass is 35.5. The Bertz CT molecular complexity index is 828. The van der Waals surface area contributed by atoms with Gasteiger partial charge in [0.05, 0.1) is 10.6 Å². The largest absolute Gasteiger partial charge is 0.355 e. The minimum absolute atomic E-state index is 0. The summed E-state index contributed by atoms with van der Waals surface area (Å²) in [7, 11) is -3.75. The molecule has 8 heteroatoms. The molecule has 0 aliphatic carbocycles. The Kier molecular flexibility index (Phi) is 9.99. The summed E-state index contributed by atoms with van der Waals surface area (Å²) in [6, 6.07) is 15.5. The summed E-state index contributed by atoms with van der Waals surface area (Å²) >= 11 is 0. The maximum Gasteiger partial charge on any atom is 0.264 e. The monoisotopic (exact) mass is 425 g/mol. The first-order valence-corrected chi connectivity index (χ1v) is 10.5. The molecule has 2 N–H and O–H groups in total. The van der Waals surface area contributed by atoms with Crippen molar-refractivity contribution in [1.29, 1.82) is 0 Å². The number of halogens is 1. The summed E-state index contributed by atoms with van der Waals surface area (Å²) in [5.74, 6) is -0.173. The van der Waals surface area contributed by atoms with E-state index in [4.69, 9.17) is 0 Å². The molecule has 0 spiro atoms. The average Bonchev–Trinajstić information content (AvgIpc) is 2.67. The fraction of sp³-hybridized carbons (Fsp3) is 0.350. The third-order valence-corrected chi connectivity index (χ3v) is 5.91. The number of nitrogens with zero attached hydrogens (tertiary/aromatic N) is 1. The van der Waals surface area contributed by atoms with Gasteiger partial charge in [0.25, 0.3) is 10.0 Å². The molecule has 2 rings (SSSR count). The van der Waals surface area contributed by atoms with Gasteiger partial charge in [-0.2, -0.15) is 0 Å². The van der Waals surface area contributed by atoms with Crippen molar-refractivity contribution in [2.24, 2.45) is 0 Å². The van der Waals surface area contributed by atoms with Crippen molar-refractivity contribution in [2.75, 3.05) is 30.5 Å². The number of amides is 1. The molecule has 1 amide bonds. The number of likely N-dealkylation sites (N-methyl/N-ethyl adjacent to an activating group) is 1. The van der Waals surface area contributed by atoms with E-state index in [0.717, 1.165) is 12.1 Å². The van der Waals surface area contributed by atoms with Crippen molar-refractivity contribution in [3.8, 4) is 0 Å². The van der Waals surface area contributed by atoms with Crippen LogP contribution in [-0.2, 0) is 14.8 Å². The Labute approximate surface area is 173 Å². The predicted octanol–water partition coefficient (Wildman–Crippen LogP) is 2.73. The number of benzene rings is 2. The van der Waals surface area contributed by atoms with E-state index in [1.54, 1.807) is 42.5 Å². The lowest BCUT2D eigenvalue weighted by Gasteiger charge is -2.24. The number of hydrogen-bond acceptors (Lipinski definition) is 4. The number of sulfonamides is 1. The summed E-state index contributed by atoms with van der Waals surface area (Å²) in [6.45, 7) is 6.06. The fourth-order valence-electron chi connectivity index (χ4n) is 2.58. The highest BCUT2D eigenvalue weighted by molar-refractivity contribution is 7.92. The van der Waals surface area contributed by atoms with Crippen LogP contribution in [0.15, 0.2) is 59.5 Å². The molecule has 0 saturated carbocycles. The van der Waals surface area contributed by atoms with E-state index in [2.05, 4.69) is 10.6 Å². The number of hydrogen-bond donors (Lipinski definition) is 2. The normalized spacial score (nSPS) is 10.8. The lowest BCUT2D eigenvalue weighted by molar-refractivity contribution is -0.120. The smallest absolute Gasteiger partial charge is 0.264 e. The molecule has 0 aliphatic heterocycles. The molecule has 0 aromatic heterocycles. The Morgan fingerprint density at radius 1 is 1.00 bits per heavy atom. The van der Waals surface area contributed by atoms with Crippen molar-refractivity contribution in [3.05, 3.63) is 60.2 Å². The topological polar surface area (TPSA) is 78.5 Å². The number of carbonyl (C=O) groups excluding carboxylic acids is 1. The van der Waals surface area contributed by atoms with Crippen LogP contribution >= 0.6 is 12.4 Å². The van der Waals surface area contributed by atoms with Crippen LogP contribution in [0.4, 0.5) is 5.69 Å². The Morgan fingerprint density at radius 3 is 2.25 bits per heavy atom. The van der Waals surface area contributed by atoms with Crippen LogP contribution in [0.3, 0.4) is 0 Å². The molecule has 0 fully saturated rings. The molecule has 0 radical (unpaired) electrons. The third kappa shape index (κ3) is 6.82. The minimum Gasteiger partial charge on any atom is -0.355 e. The standard InChI is InChI=1S/C20H27N3O3S.ClH/c1-3-21-14-15-22-20(24)13-16-23(18-11-9-17(2)10-12-18)27(25,26)19-7-5-4-6-8-19;/h4-12,21H,3,13-16H2,1-2H3,(H,22,24);1H. The van der Waals surface area contributed by atoms with Gasteiger partial charge in [0.1, 0.15) is 0 Å². The van der Waals surface area contributed by atoms with Crippen LogP contribution in [0.25, 0.3) is 0 Å². The van der Waals surface area contributed by atoms with Crippen molar-refractivity contribution >= 4 is 34.0 Å². The lowest BCUT2D eigenvalue weighted by atomic mass is 10.2. The van der Waals surface area contributed by atoms with Gasteiger partial charge in [-0.25, -0.2) is 8.42 Å². The molecule has 0 heterocycles. The van der Waals surface area contributed by atoms with Gasteiger partial charge in [-0.05, 0) is 37.7 Å². The van der Waals surface area contributed by atoms with Crippen molar-refractivity contribution < 1.29 is 13.2 Å². The zero-order valence-corrected chi connectivity index (χ0v) is 17.9. The SMILES string of the molecule is CCNCCNC(=O)CCN(c1ccc(C)cc1)S(=O)(=O)c1ccccc1.Cl. The highest BCUT2D eigenvalue weighted by Crippen LogP contribution is 2.24. The number of anilines is 1. The van der Waals surface area contributed by atoms with E-state index in [1.165, 1.54) is 4.31 Å². The Hall–Kier alpha value is -2.09. The zero-order chi connectivity index (χ0) is 19.7. The third-order valence-electron chi connectivity index (χ3n) is 4.07. The van der Waals surface area contributed by atoms with Gasteiger partial charge in [0.15, 0.2) is 0 Å². The molecule has 2 aromatic rings. The number of aryl methyl sites for hydroxylation is 1. The van der Waals surface area contributed by atoms with Gasteiger partial charge >= 0.3 is 0 Å². The Morgan fingerprint density at radius 2 is 1.64 bits per heavy atom. The second-order valence-corrected chi connectivity index (χ2v) is 8.04. The summed E-state index contributed by atoms with van der Waals surface area (Å²) in [6.07, 6.45) is 0.0894. The molecule has 0 bridgehead atoms. The van der Waals surface area contributed by atoms with Crippen LogP contribution in [-0.4, -0.2) is 40.5 Å². The lowest BCUT2D eigenvalue weighted by Crippen LogP contribution is -2.37. The van der Waals surface area contributed by atoms with E-state index in [0.29, 0.717) is 18.8 Å². The number of carbonyl (C=O) groups is 1. The van der Waals surface area contributed by atoms with Gasteiger partial charge in [-0.15, -0.1) is 12.4 Å². The van der Waals surface area contributed by atoms with Gasteiger partial charge < -0.3 is 10.6 Å². The van der Waals surface area contributed by atoms with Crippen molar-refractivity contribution in [3.63, 3.8) is 0 Å². The highest BCUT2D eigenvalue weighted by Gasteiger charge is 2.25. The van der Waals surface area contributed by atoms with Crippen LogP contribution < -0.4 is 14.9 Å². The van der Waals surface area contributed by atoms with Crippen molar-refractivity contribution in [2.45, 2.75) is 25.2 Å². The van der Waals surface area contributed by atoms with Crippen LogP contribution in [0.1, 0.15) is 18.9 Å². The number of rotatable bonds is 10. The molecule has 0 aliphatic rings. The molecule has 154 valence electrons. The summed E-state index contributed by atoms with van der Waals surface area (Å²) in [5, 5.41) is 5.93. The summed E-state index contributed by atoms with van der Waals surface area (Å²) in [4.78, 5) is 12.3. The maximum absolute atomic E-state index is 13.1. The first-order chi connectivity index (χ1) is 12.9. The van der Waals surface area contributed by atoms with Gasteiger partial charge in [-0.3, -0.25) is 9.10 Å². The van der Waals surface area contributed by atoms with Crippen LogP contribution in [0.2, 0.25) is 0 Å². The van der Waals surface area contributed by atoms with Crippen molar-refractivity contribution in [1.82, 2.24) is 10.6 Å².